The number of anilines is 1. The van der Waals surface area contributed by atoms with Gasteiger partial charge in [-0.05, 0) is 45.9 Å². The fraction of sp³-hybridized carbons (Fsp3) is 0.412. The summed E-state index contributed by atoms with van der Waals surface area (Å²) in [4.78, 5) is 14.3. The van der Waals surface area contributed by atoms with Gasteiger partial charge in [-0.1, -0.05) is 18.2 Å². The molecule has 1 fully saturated rings. The van der Waals surface area contributed by atoms with Gasteiger partial charge < -0.3 is 5.32 Å². The van der Waals surface area contributed by atoms with E-state index in [1.165, 1.54) is 12.8 Å². The van der Waals surface area contributed by atoms with Gasteiger partial charge in [0, 0.05) is 6.04 Å². The van der Waals surface area contributed by atoms with Crippen molar-refractivity contribution in [3.8, 4) is 5.69 Å². The first-order valence-electron chi connectivity index (χ1n) is 7.68. The van der Waals surface area contributed by atoms with Crippen LogP contribution in [0.1, 0.15) is 24.2 Å². The Morgan fingerprint density at radius 3 is 2.64 bits per heavy atom. The largest absolute Gasteiger partial charge is 0.322 e. The van der Waals surface area contributed by atoms with Gasteiger partial charge in [0.05, 0.1) is 29.3 Å². The van der Waals surface area contributed by atoms with Crippen LogP contribution in [0, 0.1) is 13.8 Å². The average molecular weight is 298 g/mol. The predicted molar refractivity (Wildman–Crippen MR) is 87.3 cm³/mol. The number of carbonyl (C=O) groups is 1. The summed E-state index contributed by atoms with van der Waals surface area (Å²) in [5.41, 5.74) is 3.60. The standard InChI is InChI=1S/C17H22N4O/c1-12-17(18-16(22)11-20(3)14-9-10-14)13(2)21(19-12)15-7-5-4-6-8-15/h4-8,14H,9-11H2,1-3H3,(H,18,22). The molecule has 0 bridgehead atoms. The van der Waals surface area contributed by atoms with Crippen LogP contribution in [-0.4, -0.2) is 40.2 Å². The van der Waals surface area contributed by atoms with E-state index in [1.54, 1.807) is 0 Å². The van der Waals surface area contributed by atoms with E-state index in [9.17, 15) is 4.79 Å². The van der Waals surface area contributed by atoms with Crippen molar-refractivity contribution in [1.29, 1.82) is 0 Å². The first-order valence-corrected chi connectivity index (χ1v) is 7.68. The lowest BCUT2D eigenvalue weighted by Gasteiger charge is -2.15. The normalized spacial score (nSPS) is 14.4. The Morgan fingerprint density at radius 1 is 1.32 bits per heavy atom. The molecule has 1 aliphatic rings. The molecule has 0 spiro atoms. The van der Waals surface area contributed by atoms with Crippen LogP contribution in [0.25, 0.3) is 5.69 Å². The Hall–Kier alpha value is -2.14. The minimum absolute atomic E-state index is 0.0215. The lowest BCUT2D eigenvalue weighted by molar-refractivity contribution is -0.117. The third kappa shape index (κ3) is 3.04. The van der Waals surface area contributed by atoms with Crippen LogP contribution >= 0.6 is 0 Å². The summed E-state index contributed by atoms with van der Waals surface area (Å²) in [6, 6.07) is 10.5. The zero-order chi connectivity index (χ0) is 15.7. The van der Waals surface area contributed by atoms with Crippen molar-refractivity contribution in [3.63, 3.8) is 0 Å². The van der Waals surface area contributed by atoms with Crippen LogP contribution in [0.2, 0.25) is 0 Å². The lowest BCUT2D eigenvalue weighted by atomic mass is 10.3. The fourth-order valence-electron chi connectivity index (χ4n) is 2.69. The molecule has 116 valence electrons. The molecule has 1 aliphatic carbocycles. The number of aromatic nitrogens is 2. The smallest absolute Gasteiger partial charge is 0.238 e. The van der Waals surface area contributed by atoms with Gasteiger partial charge in [0.2, 0.25) is 5.91 Å². The zero-order valence-corrected chi connectivity index (χ0v) is 13.3. The third-order valence-corrected chi connectivity index (χ3v) is 4.12. The summed E-state index contributed by atoms with van der Waals surface area (Å²) >= 11 is 0. The summed E-state index contributed by atoms with van der Waals surface area (Å²) in [6.07, 6.45) is 2.40. The quantitative estimate of drug-likeness (QED) is 0.923. The fourth-order valence-corrected chi connectivity index (χ4v) is 2.69. The first-order chi connectivity index (χ1) is 10.6. The summed E-state index contributed by atoms with van der Waals surface area (Å²) in [7, 11) is 2.00. The van der Waals surface area contributed by atoms with Crippen LogP contribution in [0.4, 0.5) is 5.69 Å². The third-order valence-electron chi connectivity index (χ3n) is 4.12. The number of nitrogens with zero attached hydrogens (tertiary/aromatic N) is 3. The maximum absolute atomic E-state index is 12.2. The number of amides is 1. The molecule has 1 amide bonds. The molecular weight excluding hydrogens is 276 g/mol. The summed E-state index contributed by atoms with van der Waals surface area (Å²) in [5, 5.41) is 7.57. The van der Waals surface area contributed by atoms with E-state index in [1.807, 2.05) is 55.9 Å². The van der Waals surface area contributed by atoms with Crippen molar-refractivity contribution < 1.29 is 4.79 Å². The summed E-state index contributed by atoms with van der Waals surface area (Å²) in [5.74, 6) is 0.0215. The van der Waals surface area contributed by atoms with Gasteiger partial charge in [-0.3, -0.25) is 9.69 Å². The Bertz CT molecular complexity index is 673. The molecule has 0 atom stereocenters. The molecular formula is C17H22N4O. The van der Waals surface area contributed by atoms with Gasteiger partial charge in [0.1, 0.15) is 0 Å². The number of para-hydroxylation sites is 1. The summed E-state index contributed by atoms with van der Waals surface area (Å²) < 4.78 is 1.87. The molecule has 2 aromatic rings. The number of hydrogen-bond donors (Lipinski definition) is 1. The maximum Gasteiger partial charge on any atom is 0.238 e. The molecule has 1 heterocycles. The predicted octanol–water partition coefficient (Wildman–Crippen LogP) is 2.52. The first kappa shape index (κ1) is 14.8. The number of likely N-dealkylation sites (N-methyl/N-ethyl adjacent to an activating group) is 1. The Morgan fingerprint density at radius 2 is 2.00 bits per heavy atom. The lowest BCUT2D eigenvalue weighted by Crippen LogP contribution is -2.31. The summed E-state index contributed by atoms with van der Waals surface area (Å²) in [6.45, 7) is 4.33. The highest BCUT2D eigenvalue weighted by atomic mass is 16.2. The van der Waals surface area contributed by atoms with Crippen LogP contribution in [0.3, 0.4) is 0 Å². The molecule has 22 heavy (non-hydrogen) atoms. The van der Waals surface area contributed by atoms with E-state index >= 15 is 0 Å². The molecule has 1 aromatic carbocycles. The molecule has 1 saturated carbocycles. The number of rotatable bonds is 5. The van der Waals surface area contributed by atoms with Gasteiger partial charge >= 0.3 is 0 Å². The number of carbonyl (C=O) groups excluding carboxylic acids is 1. The minimum atomic E-state index is 0.0215. The molecule has 0 aliphatic heterocycles. The zero-order valence-electron chi connectivity index (χ0n) is 13.3. The van der Waals surface area contributed by atoms with E-state index in [0.29, 0.717) is 12.6 Å². The highest BCUT2D eigenvalue weighted by Gasteiger charge is 2.27. The van der Waals surface area contributed by atoms with Crippen molar-refractivity contribution in [2.75, 3.05) is 18.9 Å². The molecule has 0 unspecified atom stereocenters. The number of hydrogen-bond acceptors (Lipinski definition) is 3. The van der Waals surface area contributed by atoms with Crippen molar-refractivity contribution >= 4 is 11.6 Å². The second-order valence-electron chi connectivity index (χ2n) is 5.99. The van der Waals surface area contributed by atoms with E-state index in [4.69, 9.17) is 0 Å². The van der Waals surface area contributed by atoms with Crippen LogP contribution < -0.4 is 5.32 Å². The van der Waals surface area contributed by atoms with Gasteiger partial charge in [-0.2, -0.15) is 5.10 Å². The topological polar surface area (TPSA) is 50.2 Å². The maximum atomic E-state index is 12.2. The van der Waals surface area contributed by atoms with Crippen LogP contribution in [0.15, 0.2) is 30.3 Å². The Balaban J connectivity index is 1.76. The molecule has 5 heteroatoms. The second-order valence-corrected chi connectivity index (χ2v) is 5.99. The highest BCUT2D eigenvalue weighted by Crippen LogP contribution is 2.26. The molecule has 1 N–H and O–H groups in total. The second kappa shape index (κ2) is 5.93. The van der Waals surface area contributed by atoms with Gasteiger partial charge in [0.15, 0.2) is 0 Å². The molecule has 1 aromatic heterocycles. The van der Waals surface area contributed by atoms with E-state index in [-0.39, 0.29) is 5.91 Å². The van der Waals surface area contributed by atoms with E-state index in [2.05, 4.69) is 15.3 Å². The van der Waals surface area contributed by atoms with Crippen molar-refractivity contribution in [3.05, 3.63) is 41.7 Å². The molecule has 5 nitrogen and oxygen atoms in total. The van der Waals surface area contributed by atoms with Crippen molar-refractivity contribution in [2.24, 2.45) is 0 Å². The Labute approximate surface area is 130 Å². The molecule has 3 rings (SSSR count). The number of benzene rings is 1. The van der Waals surface area contributed by atoms with Crippen LogP contribution in [0.5, 0.6) is 0 Å². The monoisotopic (exact) mass is 298 g/mol. The van der Waals surface area contributed by atoms with Gasteiger partial charge in [-0.15, -0.1) is 0 Å². The van der Waals surface area contributed by atoms with E-state index in [0.717, 1.165) is 22.8 Å². The van der Waals surface area contributed by atoms with Crippen LogP contribution in [-0.2, 0) is 4.79 Å². The molecule has 0 saturated heterocycles. The minimum Gasteiger partial charge on any atom is -0.322 e. The van der Waals surface area contributed by atoms with Crippen molar-refractivity contribution in [1.82, 2.24) is 14.7 Å². The number of aryl methyl sites for hydroxylation is 1. The van der Waals surface area contributed by atoms with E-state index < -0.39 is 0 Å². The average Bonchev–Trinajstić information content (AvgIpc) is 3.31. The highest BCUT2D eigenvalue weighted by molar-refractivity contribution is 5.93. The van der Waals surface area contributed by atoms with Crippen molar-refractivity contribution in [2.45, 2.75) is 32.7 Å². The van der Waals surface area contributed by atoms with Gasteiger partial charge in [0.25, 0.3) is 0 Å². The SMILES string of the molecule is Cc1nn(-c2ccccc2)c(C)c1NC(=O)CN(C)C1CC1. The Kier molecular flexibility index (Phi) is 3.98. The molecule has 0 radical (unpaired) electrons. The number of nitrogens with one attached hydrogen (secondary N) is 1. The van der Waals surface area contributed by atoms with Gasteiger partial charge in [-0.25, -0.2) is 4.68 Å².